The van der Waals surface area contributed by atoms with Crippen molar-refractivity contribution in [3.8, 4) is 0 Å². The summed E-state index contributed by atoms with van der Waals surface area (Å²) in [6.07, 6.45) is 1.19. The van der Waals surface area contributed by atoms with Crippen molar-refractivity contribution in [2.75, 3.05) is 79.7 Å². The molecule has 0 bridgehead atoms. The molecule has 28 heteroatoms. The zero-order chi connectivity index (χ0) is 71.5. The standard InChI is InChI=1S/C68H105N11O17/c1-15-43(8)59(51(92-13)37-55(83)78-32-20-24-50(78)61(93-14)44(9)62(85)71-45(10)60(84)47-21-17-16-18-22-47)76(11)66(89)57(41(4)5)75-65(88)58(42(6)7)77(12)68(91)96-38-46-25-27-48(28-26-46)72-63(86)49(23-19-31-70-67(69)90)73-64(87)56(40(2)3)74-52(80)39-95-36-35-94-34-33-79-53(81)29-30-54(79)82/h16-18,21-22,25-30,40-45,49-51,56-61,84H,15,19-20,23-24,31-39H2,1-14H3,(H,71,85)(H,72,86)(H,73,87)(H,74,80)(H,75,88)(H3,69,70,90)/t43-,44+,45+,49-,50-,51+,56-,57?,58-,59-,60+,61+/m0/s1. The smallest absolute Gasteiger partial charge is 0.410 e. The maximum absolute atomic E-state index is 14.8. The summed E-state index contributed by atoms with van der Waals surface area (Å²) in [5.41, 5.74) is 6.73. The van der Waals surface area contributed by atoms with Crippen molar-refractivity contribution < 1.29 is 81.5 Å². The zero-order valence-electron chi connectivity index (χ0n) is 58.3. The Bertz CT molecular complexity index is 2920. The summed E-state index contributed by atoms with van der Waals surface area (Å²) < 4.78 is 28.5. The number of urea groups is 1. The van der Waals surface area contributed by atoms with Crippen LogP contribution in [0.2, 0.25) is 0 Å². The number of imide groups is 1. The Labute approximate surface area is 564 Å². The lowest BCUT2D eigenvalue weighted by Crippen LogP contribution is -2.60. The predicted octanol–water partition coefficient (Wildman–Crippen LogP) is 3.55. The van der Waals surface area contributed by atoms with Gasteiger partial charge in [0.15, 0.2) is 0 Å². The number of nitrogens with zero attached hydrogens (tertiary/aromatic N) is 4. The molecular formula is C68H105N11O17. The highest BCUT2D eigenvalue weighted by Crippen LogP contribution is 2.31. The van der Waals surface area contributed by atoms with Gasteiger partial charge >= 0.3 is 12.1 Å². The van der Waals surface area contributed by atoms with Gasteiger partial charge in [-0.05, 0) is 79.5 Å². The lowest BCUT2D eigenvalue weighted by molar-refractivity contribution is -0.148. The number of benzene rings is 2. The van der Waals surface area contributed by atoms with Crippen molar-refractivity contribution in [2.45, 2.75) is 175 Å². The number of methoxy groups -OCH3 is 2. The summed E-state index contributed by atoms with van der Waals surface area (Å²) in [6.45, 7) is 18.0. The first-order chi connectivity index (χ1) is 45.5. The second kappa shape index (κ2) is 39.9. The molecule has 0 aliphatic carbocycles. The van der Waals surface area contributed by atoms with Crippen molar-refractivity contribution >= 4 is 71.0 Å². The molecular weight excluding hydrogens is 1240 g/mol. The predicted molar refractivity (Wildman–Crippen MR) is 357 cm³/mol. The number of aliphatic hydroxyl groups is 1. The molecule has 0 radical (unpaired) electrons. The molecule has 12 amide bonds. The molecule has 9 N–H and O–H groups in total. The van der Waals surface area contributed by atoms with Crippen molar-refractivity contribution in [3.63, 3.8) is 0 Å². The second-order valence-corrected chi connectivity index (χ2v) is 25.6. The lowest BCUT2D eigenvalue weighted by Gasteiger charge is -2.41. The Balaban J connectivity index is 1.36. The van der Waals surface area contributed by atoms with E-state index in [4.69, 9.17) is 29.4 Å². The van der Waals surface area contributed by atoms with Crippen LogP contribution in [0.4, 0.5) is 15.3 Å². The Morgan fingerprint density at radius 2 is 1.35 bits per heavy atom. The molecule has 28 nitrogen and oxygen atoms in total. The van der Waals surface area contributed by atoms with E-state index in [1.807, 2.05) is 32.0 Å². The van der Waals surface area contributed by atoms with Crippen molar-refractivity contribution in [2.24, 2.45) is 35.3 Å². The fourth-order valence-corrected chi connectivity index (χ4v) is 11.8. The third kappa shape index (κ3) is 23.9. The lowest BCUT2D eigenvalue weighted by atomic mass is 9.89. The topological polar surface area (TPSA) is 365 Å². The Morgan fingerprint density at radius 3 is 1.94 bits per heavy atom. The minimum absolute atomic E-state index is 0.00291. The van der Waals surface area contributed by atoms with E-state index in [-0.39, 0.29) is 76.5 Å². The number of carbonyl (C=O) groups is 11. The zero-order valence-corrected chi connectivity index (χ0v) is 58.3. The number of carbonyl (C=O) groups excluding carboxylic acids is 11. The summed E-state index contributed by atoms with van der Waals surface area (Å²) >= 11 is 0. The molecule has 1 unspecified atom stereocenters. The molecule has 534 valence electrons. The Morgan fingerprint density at radius 1 is 0.719 bits per heavy atom. The number of aliphatic hydroxyl groups excluding tert-OH is 1. The number of likely N-dealkylation sites (tertiary alicyclic amines) is 1. The van der Waals surface area contributed by atoms with E-state index in [1.165, 1.54) is 38.3 Å². The monoisotopic (exact) mass is 1350 g/mol. The highest BCUT2D eigenvalue weighted by Gasteiger charge is 2.44. The fraction of sp³-hybridized carbons (Fsp3) is 0.632. The van der Waals surface area contributed by atoms with Crippen LogP contribution in [0.25, 0.3) is 0 Å². The van der Waals surface area contributed by atoms with E-state index in [0.717, 1.165) is 4.90 Å². The maximum atomic E-state index is 14.8. The minimum Gasteiger partial charge on any atom is -0.445 e. The van der Waals surface area contributed by atoms with Gasteiger partial charge in [0.2, 0.25) is 41.4 Å². The molecule has 96 heavy (non-hydrogen) atoms. The first-order valence-corrected chi connectivity index (χ1v) is 33.0. The second-order valence-electron chi connectivity index (χ2n) is 25.6. The van der Waals surface area contributed by atoms with E-state index in [2.05, 4.69) is 31.9 Å². The van der Waals surface area contributed by atoms with Gasteiger partial charge in [0.25, 0.3) is 11.8 Å². The summed E-state index contributed by atoms with van der Waals surface area (Å²) in [4.78, 5) is 152. The van der Waals surface area contributed by atoms with Gasteiger partial charge < -0.3 is 76.2 Å². The van der Waals surface area contributed by atoms with Crippen LogP contribution in [0.15, 0.2) is 66.7 Å². The number of amides is 12. The molecule has 2 heterocycles. The first-order valence-electron chi connectivity index (χ1n) is 33.0. The summed E-state index contributed by atoms with van der Waals surface area (Å²) in [5.74, 6) is -6.52. The molecule has 1 fully saturated rings. The van der Waals surface area contributed by atoms with Gasteiger partial charge in [-0.1, -0.05) is 111 Å². The van der Waals surface area contributed by atoms with Gasteiger partial charge in [0, 0.05) is 59.2 Å². The third-order valence-electron chi connectivity index (χ3n) is 17.5. The van der Waals surface area contributed by atoms with Crippen LogP contribution in [0.5, 0.6) is 0 Å². The summed E-state index contributed by atoms with van der Waals surface area (Å²) in [5, 5.41) is 27.4. The van der Waals surface area contributed by atoms with Gasteiger partial charge in [0.1, 0.15) is 37.4 Å². The van der Waals surface area contributed by atoms with Crippen LogP contribution in [0.3, 0.4) is 0 Å². The number of ether oxygens (including phenoxy) is 5. The number of likely N-dealkylation sites (N-methyl/N-ethyl adjacent to an activating group) is 2. The molecule has 2 aliphatic heterocycles. The molecule has 2 aliphatic rings. The number of hydrogen-bond acceptors (Lipinski definition) is 17. The normalized spacial score (nSPS) is 17.3. The van der Waals surface area contributed by atoms with Crippen LogP contribution in [-0.2, 0) is 73.4 Å². The number of nitrogens with one attached hydrogen (secondary N) is 6. The Hall–Kier alpha value is -8.05. The molecule has 0 spiro atoms. The van der Waals surface area contributed by atoms with Gasteiger partial charge in [0.05, 0.1) is 75.1 Å². The highest BCUT2D eigenvalue weighted by molar-refractivity contribution is 6.12. The minimum atomic E-state index is -1.15. The average Bonchev–Trinajstić information content (AvgIpc) is 1.48. The van der Waals surface area contributed by atoms with Crippen LogP contribution in [-0.4, -0.2) is 219 Å². The van der Waals surface area contributed by atoms with Gasteiger partial charge in [-0.2, -0.15) is 0 Å². The number of nitrogens with two attached hydrogens (primary N) is 1. The van der Waals surface area contributed by atoms with Crippen LogP contribution < -0.4 is 37.6 Å². The van der Waals surface area contributed by atoms with Gasteiger partial charge in [-0.15, -0.1) is 0 Å². The van der Waals surface area contributed by atoms with Crippen molar-refractivity contribution in [1.29, 1.82) is 0 Å². The van der Waals surface area contributed by atoms with Crippen molar-refractivity contribution in [1.82, 2.24) is 46.2 Å². The number of hydrogen-bond donors (Lipinski definition) is 8. The molecule has 2 aromatic carbocycles. The van der Waals surface area contributed by atoms with E-state index in [0.29, 0.717) is 42.6 Å². The molecule has 0 aromatic heterocycles. The SMILES string of the molecule is CC[C@H](C)[C@@H]([C@@H](CC(=O)N1CCC[C@H]1[C@H](OC)[C@@H](C)C(=O)N[C@H](C)[C@@H](O)c1ccccc1)OC)N(C)C(=O)C(NC(=O)[C@H](C(C)C)N(C)C(=O)OCc1ccc(NC(=O)[C@H](CCCNC(N)=O)NC(=O)[C@@H](NC(=O)COCCOCCN2C(=O)C=CC2=O)C(C)C)cc1)C(C)C. The van der Waals surface area contributed by atoms with Crippen molar-refractivity contribution in [3.05, 3.63) is 77.9 Å². The number of anilines is 1. The average molecular weight is 1350 g/mol. The molecule has 12 atom stereocenters. The Kier molecular flexibility index (Phi) is 33.4. The van der Waals surface area contributed by atoms with E-state index >= 15 is 0 Å². The molecule has 1 saturated heterocycles. The summed E-state index contributed by atoms with van der Waals surface area (Å²) in [7, 11) is 6.06. The third-order valence-corrected chi connectivity index (χ3v) is 17.5. The fourth-order valence-electron chi connectivity index (χ4n) is 11.8. The van der Waals surface area contributed by atoms with Crippen LogP contribution >= 0.6 is 0 Å². The molecule has 0 saturated carbocycles. The van der Waals surface area contributed by atoms with Gasteiger partial charge in [-0.25, -0.2) is 9.59 Å². The highest BCUT2D eigenvalue weighted by atomic mass is 16.6. The van der Waals surface area contributed by atoms with Gasteiger partial charge in [-0.3, -0.25) is 53.0 Å². The largest absolute Gasteiger partial charge is 0.445 e. The number of rotatable bonds is 40. The van der Waals surface area contributed by atoms with E-state index in [9.17, 15) is 57.8 Å². The maximum Gasteiger partial charge on any atom is 0.410 e. The molecule has 2 aromatic rings. The molecule has 4 rings (SSSR count). The summed E-state index contributed by atoms with van der Waals surface area (Å²) in [6, 6.07) is 8.53. The number of primary amides is 1. The quantitative estimate of drug-likeness (QED) is 0.0349. The van der Waals surface area contributed by atoms with E-state index in [1.54, 1.807) is 109 Å². The van der Waals surface area contributed by atoms with Crippen LogP contribution in [0, 0.1) is 29.6 Å². The van der Waals surface area contributed by atoms with E-state index < -0.39 is 144 Å². The first kappa shape index (κ1) is 80.4. The van der Waals surface area contributed by atoms with Crippen LogP contribution in [0.1, 0.15) is 125 Å².